The van der Waals surface area contributed by atoms with Crippen LogP contribution in [0, 0.1) is 0 Å². The summed E-state index contributed by atoms with van der Waals surface area (Å²) in [4.78, 5) is 24.2. The molecule has 1 unspecified atom stereocenters. The predicted molar refractivity (Wildman–Crippen MR) is 103 cm³/mol. The van der Waals surface area contributed by atoms with Gasteiger partial charge in [0.05, 0.1) is 19.9 Å². The van der Waals surface area contributed by atoms with Crippen LogP contribution >= 0.6 is 11.6 Å². The van der Waals surface area contributed by atoms with Gasteiger partial charge < -0.3 is 14.6 Å². The molecule has 33 heavy (non-hydrogen) atoms. The topological polar surface area (TPSA) is 87.0 Å². The molecule has 1 N–H and O–H groups in total. The molecule has 0 spiro atoms. The SMILES string of the molecule is COc1cn(C(CCOC(F)(F)F)C(=O)O)c(=O)cc1-c1cc(Cl)ccc1OCC(F)(F)F. The lowest BCUT2D eigenvalue weighted by atomic mass is 10.0. The molecule has 0 fully saturated rings. The van der Waals surface area contributed by atoms with Crippen molar-refractivity contribution < 1.29 is 50.5 Å². The lowest BCUT2D eigenvalue weighted by molar-refractivity contribution is -0.325. The Morgan fingerprint density at radius 3 is 2.30 bits per heavy atom. The van der Waals surface area contributed by atoms with Gasteiger partial charge in [0.1, 0.15) is 17.5 Å². The molecule has 0 bridgehead atoms. The molecule has 2 rings (SSSR count). The zero-order valence-corrected chi connectivity index (χ0v) is 17.4. The highest BCUT2D eigenvalue weighted by Gasteiger charge is 2.31. The molecule has 0 radical (unpaired) electrons. The Labute approximate surface area is 187 Å². The van der Waals surface area contributed by atoms with Crippen LogP contribution < -0.4 is 15.0 Å². The second-order valence-corrected chi connectivity index (χ2v) is 6.92. The van der Waals surface area contributed by atoms with E-state index in [1.54, 1.807) is 0 Å². The fourth-order valence-corrected chi connectivity index (χ4v) is 2.98. The van der Waals surface area contributed by atoms with Gasteiger partial charge in [0.2, 0.25) is 0 Å². The van der Waals surface area contributed by atoms with E-state index in [4.69, 9.17) is 21.1 Å². The number of nitrogens with zero attached hydrogens (tertiary/aromatic N) is 1. The summed E-state index contributed by atoms with van der Waals surface area (Å²) >= 11 is 5.92. The molecule has 2 aromatic rings. The summed E-state index contributed by atoms with van der Waals surface area (Å²) in [5.74, 6) is -2.08. The number of hydrogen-bond acceptors (Lipinski definition) is 5. The highest BCUT2D eigenvalue weighted by molar-refractivity contribution is 6.31. The molecule has 1 atom stereocenters. The quantitative estimate of drug-likeness (QED) is 0.500. The Kier molecular flexibility index (Phi) is 8.25. The number of aromatic nitrogens is 1. The Bertz CT molecular complexity index is 1050. The van der Waals surface area contributed by atoms with Crippen LogP contribution in [0.5, 0.6) is 11.5 Å². The average molecular weight is 504 g/mol. The van der Waals surface area contributed by atoms with E-state index < -0.39 is 49.7 Å². The third-order valence-electron chi connectivity index (χ3n) is 4.16. The lowest BCUT2D eigenvalue weighted by Gasteiger charge is -2.20. The van der Waals surface area contributed by atoms with E-state index in [1.165, 1.54) is 12.1 Å². The Hall–Kier alpha value is -2.93. The number of rotatable bonds is 9. The summed E-state index contributed by atoms with van der Waals surface area (Å²) in [5, 5.41) is 9.46. The van der Waals surface area contributed by atoms with Gasteiger partial charge in [-0.3, -0.25) is 14.1 Å². The largest absolute Gasteiger partial charge is 0.522 e. The van der Waals surface area contributed by atoms with Gasteiger partial charge in [-0.15, -0.1) is 13.2 Å². The van der Waals surface area contributed by atoms with Crippen LogP contribution in [0.3, 0.4) is 0 Å². The third-order valence-corrected chi connectivity index (χ3v) is 4.40. The number of methoxy groups -OCH3 is 1. The highest BCUT2D eigenvalue weighted by Crippen LogP contribution is 2.38. The van der Waals surface area contributed by atoms with E-state index in [0.717, 1.165) is 25.4 Å². The van der Waals surface area contributed by atoms with Gasteiger partial charge in [-0.25, -0.2) is 4.79 Å². The summed E-state index contributed by atoms with van der Waals surface area (Å²) in [6.07, 6.45) is -9.45. The molecule has 0 saturated carbocycles. The van der Waals surface area contributed by atoms with Crippen molar-refractivity contribution >= 4 is 17.6 Å². The molecule has 1 aromatic heterocycles. The number of halogens is 7. The number of carboxylic acids is 1. The molecular weight excluding hydrogens is 488 g/mol. The van der Waals surface area contributed by atoms with Gasteiger partial charge in [0.25, 0.3) is 5.56 Å². The second kappa shape index (κ2) is 10.3. The monoisotopic (exact) mass is 503 g/mol. The minimum absolute atomic E-state index is 0.0554. The zero-order valence-electron chi connectivity index (χ0n) is 16.7. The maximum Gasteiger partial charge on any atom is 0.522 e. The number of alkyl halides is 6. The lowest BCUT2D eigenvalue weighted by Crippen LogP contribution is -2.31. The van der Waals surface area contributed by atoms with E-state index in [2.05, 4.69) is 4.74 Å². The first-order chi connectivity index (χ1) is 15.2. The van der Waals surface area contributed by atoms with Crippen LogP contribution in [-0.4, -0.2) is 48.5 Å². The molecule has 1 heterocycles. The molecule has 0 aliphatic rings. The highest BCUT2D eigenvalue weighted by atomic mass is 35.5. The van der Waals surface area contributed by atoms with Crippen molar-refractivity contribution in [3.05, 3.63) is 45.8 Å². The van der Waals surface area contributed by atoms with E-state index in [-0.39, 0.29) is 27.6 Å². The van der Waals surface area contributed by atoms with E-state index in [9.17, 15) is 41.0 Å². The average Bonchev–Trinajstić information content (AvgIpc) is 2.68. The number of carbonyl (C=O) groups is 1. The molecule has 14 heteroatoms. The molecule has 182 valence electrons. The van der Waals surface area contributed by atoms with Gasteiger partial charge in [-0.05, 0) is 18.2 Å². The van der Waals surface area contributed by atoms with Crippen LogP contribution in [0.1, 0.15) is 12.5 Å². The molecule has 7 nitrogen and oxygen atoms in total. The maximum atomic E-state index is 12.6. The molecule has 0 aliphatic carbocycles. The van der Waals surface area contributed by atoms with Gasteiger partial charge in [-0.1, -0.05) is 11.6 Å². The van der Waals surface area contributed by atoms with Gasteiger partial charge in [0.15, 0.2) is 6.61 Å². The Balaban J connectivity index is 2.50. The first-order valence-electron chi connectivity index (χ1n) is 8.95. The standard InChI is InChI=1S/C19H16ClF6NO6/c1-31-15-8-27(13(17(29)30)4-5-33-19(24,25)26)16(28)7-12(15)11-6-10(20)2-3-14(11)32-9-18(21,22)23/h2-3,6-8,13H,4-5,9H2,1H3,(H,29,30). The van der Waals surface area contributed by atoms with Crippen LogP contribution in [-0.2, 0) is 9.53 Å². The molecule has 1 aromatic carbocycles. The van der Waals surface area contributed by atoms with Gasteiger partial charge >= 0.3 is 18.5 Å². The number of pyridine rings is 1. The predicted octanol–water partition coefficient (Wildman–Crippen LogP) is 4.67. The van der Waals surface area contributed by atoms with E-state index >= 15 is 0 Å². The third kappa shape index (κ3) is 7.56. The van der Waals surface area contributed by atoms with Crippen molar-refractivity contribution in [3.8, 4) is 22.6 Å². The summed E-state index contributed by atoms with van der Waals surface area (Å²) < 4.78 is 88.5. The van der Waals surface area contributed by atoms with Crippen LogP contribution in [0.4, 0.5) is 26.3 Å². The first kappa shape index (κ1) is 26.3. The number of hydrogen-bond donors (Lipinski definition) is 1. The van der Waals surface area contributed by atoms with Crippen molar-refractivity contribution in [2.45, 2.75) is 25.0 Å². The van der Waals surface area contributed by atoms with Crippen LogP contribution in [0.25, 0.3) is 11.1 Å². The van der Waals surface area contributed by atoms with Crippen molar-refractivity contribution in [2.75, 3.05) is 20.3 Å². The molecular formula is C19H16ClF6NO6. The summed E-state index contributed by atoms with van der Waals surface area (Å²) in [6.45, 7) is -2.68. The zero-order chi connectivity index (χ0) is 25.0. The van der Waals surface area contributed by atoms with Crippen molar-refractivity contribution in [1.82, 2.24) is 4.57 Å². The summed E-state index contributed by atoms with van der Waals surface area (Å²) in [6, 6.07) is 2.71. The number of aliphatic carboxylic acids is 1. The van der Waals surface area contributed by atoms with E-state index in [0.29, 0.717) is 4.57 Å². The summed E-state index contributed by atoms with van der Waals surface area (Å²) in [5.41, 5.74) is -1.11. The van der Waals surface area contributed by atoms with E-state index in [1.807, 2.05) is 0 Å². The smallest absolute Gasteiger partial charge is 0.495 e. The minimum Gasteiger partial charge on any atom is -0.495 e. The number of ether oxygens (including phenoxy) is 3. The molecule has 0 aliphatic heterocycles. The maximum absolute atomic E-state index is 12.6. The van der Waals surface area contributed by atoms with Crippen molar-refractivity contribution in [1.29, 1.82) is 0 Å². The normalized spacial score (nSPS) is 13.0. The number of benzene rings is 1. The van der Waals surface area contributed by atoms with Crippen LogP contribution in [0.2, 0.25) is 5.02 Å². The van der Waals surface area contributed by atoms with Crippen molar-refractivity contribution in [3.63, 3.8) is 0 Å². The first-order valence-corrected chi connectivity index (χ1v) is 9.33. The van der Waals surface area contributed by atoms with Crippen molar-refractivity contribution in [2.24, 2.45) is 0 Å². The second-order valence-electron chi connectivity index (χ2n) is 6.48. The molecule has 0 saturated heterocycles. The Morgan fingerprint density at radius 2 is 1.76 bits per heavy atom. The molecule has 0 amide bonds. The number of carboxylic acid groups (broad SMARTS) is 1. The minimum atomic E-state index is -4.99. The van der Waals surface area contributed by atoms with Gasteiger partial charge in [-0.2, -0.15) is 13.2 Å². The van der Waals surface area contributed by atoms with Crippen LogP contribution in [0.15, 0.2) is 35.3 Å². The van der Waals surface area contributed by atoms with Gasteiger partial charge in [0, 0.05) is 28.6 Å². The Morgan fingerprint density at radius 1 is 1.12 bits per heavy atom. The summed E-state index contributed by atoms with van der Waals surface area (Å²) in [7, 11) is 1.14. The fourth-order valence-electron chi connectivity index (χ4n) is 2.81. The fraction of sp³-hybridized carbons (Fsp3) is 0.368.